The average molecular weight is 196 g/mol. The lowest BCUT2D eigenvalue weighted by atomic mass is 10.0. The average Bonchev–Trinajstić information content (AvgIpc) is 2.64. The van der Waals surface area contributed by atoms with E-state index >= 15 is 0 Å². The van der Waals surface area contributed by atoms with Crippen molar-refractivity contribution in [1.82, 2.24) is 10.3 Å². The standard InChI is InChI=1S/C11H20N2O/c1-9(2)11(5-7-14)13-8-10-4-3-6-12-10/h3-4,6,9,11-14H,5,7-8H2,1-2H3. The predicted molar refractivity (Wildman–Crippen MR) is 58.0 cm³/mol. The van der Waals surface area contributed by atoms with E-state index in [1.807, 2.05) is 12.3 Å². The van der Waals surface area contributed by atoms with Crippen LogP contribution in [-0.2, 0) is 6.54 Å². The summed E-state index contributed by atoms with van der Waals surface area (Å²) in [5.74, 6) is 0.553. The first kappa shape index (κ1) is 11.3. The van der Waals surface area contributed by atoms with Gasteiger partial charge in [0, 0.05) is 31.1 Å². The summed E-state index contributed by atoms with van der Waals surface area (Å²) in [5, 5.41) is 12.3. The molecule has 0 spiro atoms. The van der Waals surface area contributed by atoms with Crippen LogP contribution in [0.2, 0.25) is 0 Å². The second kappa shape index (κ2) is 5.83. The summed E-state index contributed by atoms with van der Waals surface area (Å²) in [6, 6.07) is 4.44. The lowest BCUT2D eigenvalue weighted by molar-refractivity contribution is 0.243. The van der Waals surface area contributed by atoms with Gasteiger partial charge in [0.25, 0.3) is 0 Å². The maximum absolute atomic E-state index is 8.89. The largest absolute Gasteiger partial charge is 0.396 e. The van der Waals surface area contributed by atoms with Crippen LogP contribution >= 0.6 is 0 Å². The summed E-state index contributed by atoms with van der Waals surface area (Å²) >= 11 is 0. The molecule has 0 saturated heterocycles. The first-order valence-corrected chi connectivity index (χ1v) is 5.20. The molecule has 1 aromatic rings. The zero-order valence-corrected chi connectivity index (χ0v) is 8.96. The Hall–Kier alpha value is -0.800. The van der Waals surface area contributed by atoms with Crippen molar-refractivity contribution < 1.29 is 5.11 Å². The van der Waals surface area contributed by atoms with Gasteiger partial charge in [0.05, 0.1) is 0 Å². The topological polar surface area (TPSA) is 48.0 Å². The Morgan fingerprint density at radius 1 is 1.50 bits per heavy atom. The van der Waals surface area contributed by atoms with E-state index < -0.39 is 0 Å². The molecule has 0 aliphatic carbocycles. The fraction of sp³-hybridized carbons (Fsp3) is 0.636. The number of rotatable bonds is 6. The third-order valence-electron chi connectivity index (χ3n) is 2.46. The molecule has 1 atom stereocenters. The van der Waals surface area contributed by atoms with Gasteiger partial charge < -0.3 is 15.4 Å². The van der Waals surface area contributed by atoms with Gasteiger partial charge in [-0.3, -0.25) is 0 Å². The minimum absolute atomic E-state index is 0.251. The normalized spacial score (nSPS) is 13.4. The van der Waals surface area contributed by atoms with E-state index in [0.29, 0.717) is 12.0 Å². The van der Waals surface area contributed by atoms with Crippen LogP contribution in [0.4, 0.5) is 0 Å². The van der Waals surface area contributed by atoms with Crippen molar-refractivity contribution >= 4 is 0 Å². The smallest absolute Gasteiger partial charge is 0.0445 e. The minimum atomic E-state index is 0.251. The molecule has 1 unspecified atom stereocenters. The second-order valence-corrected chi connectivity index (χ2v) is 3.94. The van der Waals surface area contributed by atoms with Gasteiger partial charge in [-0.25, -0.2) is 0 Å². The second-order valence-electron chi connectivity index (χ2n) is 3.94. The lowest BCUT2D eigenvalue weighted by Gasteiger charge is -2.21. The Labute approximate surface area is 85.5 Å². The lowest BCUT2D eigenvalue weighted by Crippen LogP contribution is -2.34. The molecule has 0 saturated carbocycles. The molecule has 1 rings (SSSR count). The number of nitrogens with one attached hydrogen (secondary N) is 2. The van der Waals surface area contributed by atoms with Crippen molar-refractivity contribution in [2.45, 2.75) is 32.9 Å². The zero-order valence-electron chi connectivity index (χ0n) is 8.96. The Morgan fingerprint density at radius 2 is 2.29 bits per heavy atom. The molecular formula is C11H20N2O. The van der Waals surface area contributed by atoms with Crippen LogP contribution in [0.25, 0.3) is 0 Å². The fourth-order valence-electron chi connectivity index (χ4n) is 1.53. The van der Waals surface area contributed by atoms with Gasteiger partial charge in [0.2, 0.25) is 0 Å². The molecule has 0 amide bonds. The van der Waals surface area contributed by atoms with Crippen LogP contribution in [0.3, 0.4) is 0 Å². The highest BCUT2D eigenvalue weighted by molar-refractivity contribution is 5.03. The molecule has 1 aromatic heterocycles. The van der Waals surface area contributed by atoms with Gasteiger partial charge in [-0.15, -0.1) is 0 Å². The predicted octanol–water partition coefficient (Wildman–Crippen LogP) is 1.51. The third-order valence-corrected chi connectivity index (χ3v) is 2.46. The molecule has 14 heavy (non-hydrogen) atoms. The molecule has 0 aliphatic heterocycles. The Kier molecular flexibility index (Phi) is 4.70. The van der Waals surface area contributed by atoms with E-state index in [2.05, 4.69) is 30.2 Å². The van der Waals surface area contributed by atoms with E-state index in [1.54, 1.807) is 0 Å². The number of hydrogen-bond acceptors (Lipinski definition) is 2. The van der Waals surface area contributed by atoms with E-state index in [9.17, 15) is 0 Å². The van der Waals surface area contributed by atoms with Crippen molar-refractivity contribution in [3.8, 4) is 0 Å². The minimum Gasteiger partial charge on any atom is -0.396 e. The molecule has 3 nitrogen and oxygen atoms in total. The molecule has 0 aliphatic rings. The van der Waals surface area contributed by atoms with Crippen LogP contribution in [-0.4, -0.2) is 22.7 Å². The van der Waals surface area contributed by atoms with Gasteiger partial charge in [-0.1, -0.05) is 13.8 Å². The fourth-order valence-corrected chi connectivity index (χ4v) is 1.53. The van der Waals surface area contributed by atoms with Gasteiger partial charge in [-0.2, -0.15) is 0 Å². The van der Waals surface area contributed by atoms with Crippen molar-refractivity contribution in [1.29, 1.82) is 0 Å². The molecular weight excluding hydrogens is 176 g/mol. The van der Waals surface area contributed by atoms with Crippen LogP contribution in [0, 0.1) is 5.92 Å². The Balaban J connectivity index is 2.33. The van der Waals surface area contributed by atoms with E-state index in [-0.39, 0.29) is 6.61 Å². The monoisotopic (exact) mass is 196 g/mol. The molecule has 1 heterocycles. The molecule has 3 N–H and O–H groups in total. The molecule has 80 valence electrons. The van der Waals surface area contributed by atoms with E-state index in [1.165, 1.54) is 5.69 Å². The van der Waals surface area contributed by atoms with Gasteiger partial charge in [0.15, 0.2) is 0 Å². The van der Waals surface area contributed by atoms with Crippen molar-refractivity contribution in [3.05, 3.63) is 24.0 Å². The molecule has 0 fully saturated rings. The number of aromatic amines is 1. The van der Waals surface area contributed by atoms with E-state index in [4.69, 9.17) is 5.11 Å². The quantitative estimate of drug-likeness (QED) is 0.646. The summed E-state index contributed by atoms with van der Waals surface area (Å²) in [5.41, 5.74) is 1.19. The Bertz CT molecular complexity index is 231. The molecule has 0 radical (unpaired) electrons. The number of H-pyrrole nitrogens is 1. The van der Waals surface area contributed by atoms with Gasteiger partial charge in [-0.05, 0) is 24.5 Å². The van der Waals surface area contributed by atoms with Crippen molar-refractivity contribution in [2.24, 2.45) is 5.92 Å². The highest BCUT2D eigenvalue weighted by Crippen LogP contribution is 2.06. The number of aromatic nitrogens is 1. The molecule has 0 aromatic carbocycles. The maximum Gasteiger partial charge on any atom is 0.0445 e. The first-order chi connectivity index (χ1) is 6.74. The van der Waals surface area contributed by atoms with Crippen LogP contribution < -0.4 is 5.32 Å². The van der Waals surface area contributed by atoms with Crippen LogP contribution in [0.15, 0.2) is 18.3 Å². The van der Waals surface area contributed by atoms with Gasteiger partial charge in [0.1, 0.15) is 0 Å². The SMILES string of the molecule is CC(C)C(CCO)NCc1ccc[nH]1. The van der Waals surface area contributed by atoms with Crippen molar-refractivity contribution in [3.63, 3.8) is 0 Å². The molecule has 3 heteroatoms. The summed E-state index contributed by atoms with van der Waals surface area (Å²) < 4.78 is 0. The van der Waals surface area contributed by atoms with E-state index in [0.717, 1.165) is 13.0 Å². The van der Waals surface area contributed by atoms with Crippen molar-refractivity contribution in [2.75, 3.05) is 6.61 Å². The summed E-state index contributed by atoms with van der Waals surface area (Å²) in [6.45, 7) is 5.43. The maximum atomic E-state index is 8.89. The first-order valence-electron chi connectivity index (χ1n) is 5.20. The van der Waals surface area contributed by atoms with Crippen LogP contribution in [0.5, 0.6) is 0 Å². The molecule has 0 bridgehead atoms. The zero-order chi connectivity index (χ0) is 10.4. The number of hydrogen-bond donors (Lipinski definition) is 3. The number of aliphatic hydroxyl groups excluding tert-OH is 1. The summed E-state index contributed by atoms with van der Waals surface area (Å²) in [6.07, 6.45) is 2.74. The Morgan fingerprint density at radius 3 is 2.79 bits per heavy atom. The van der Waals surface area contributed by atoms with Crippen LogP contribution in [0.1, 0.15) is 26.0 Å². The third kappa shape index (κ3) is 3.52. The summed E-state index contributed by atoms with van der Waals surface area (Å²) in [7, 11) is 0. The summed E-state index contributed by atoms with van der Waals surface area (Å²) in [4.78, 5) is 3.15. The highest BCUT2D eigenvalue weighted by atomic mass is 16.3. The highest BCUT2D eigenvalue weighted by Gasteiger charge is 2.11. The number of aliphatic hydroxyl groups is 1. The van der Waals surface area contributed by atoms with Gasteiger partial charge >= 0.3 is 0 Å².